The first-order chi connectivity index (χ1) is 6.76. The fourth-order valence-electron chi connectivity index (χ4n) is 1.54. The molecule has 0 unspecified atom stereocenters. The summed E-state index contributed by atoms with van der Waals surface area (Å²) >= 11 is 9.76. The Morgan fingerprint density at radius 1 is 1.36 bits per heavy atom. The van der Waals surface area contributed by atoms with Gasteiger partial charge in [-0.05, 0) is 40.4 Å². The number of benzene rings is 1. The summed E-state index contributed by atoms with van der Waals surface area (Å²) in [5.74, 6) is 0. The molecule has 0 atom stereocenters. The maximum Gasteiger partial charge on any atom is 0.0356 e. The van der Waals surface area contributed by atoms with Gasteiger partial charge in [0.1, 0.15) is 0 Å². The van der Waals surface area contributed by atoms with E-state index in [1.165, 1.54) is 21.2 Å². The second-order valence-electron chi connectivity index (χ2n) is 3.23. The first kappa shape index (κ1) is 10.5. The second-order valence-corrected chi connectivity index (χ2v) is 5.18. The third kappa shape index (κ3) is 1.73. The molecule has 2 rings (SSSR count). The Morgan fingerprint density at radius 3 is 2.79 bits per heavy atom. The van der Waals surface area contributed by atoms with Crippen molar-refractivity contribution < 1.29 is 0 Å². The quantitative estimate of drug-likeness (QED) is 0.603. The average molecular weight is 287 g/mol. The summed E-state index contributed by atoms with van der Waals surface area (Å²) in [6, 6.07) is 4.42. The lowest BCUT2D eigenvalue weighted by Crippen LogP contribution is -1.82. The zero-order chi connectivity index (χ0) is 10.1. The Labute approximate surface area is 102 Å². The normalized spacial score (nSPS) is 11.1. The van der Waals surface area contributed by atoms with Crippen LogP contribution < -0.4 is 0 Å². The van der Waals surface area contributed by atoms with Gasteiger partial charge in [-0.15, -0.1) is 24.0 Å². The van der Waals surface area contributed by atoms with E-state index in [2.05, 4.69) is 53.0 Å². The van der Waals surface area contributed by atoms with Crippen LogP contribution in [0.2, 0.25) is 0 Å². The SMILES string of the molecule is CCc1csc2cc(S)c(CBr)cc12. The summed E-state index contributed by atoms with van der Waals surface area (Å²) in [5.41, 5.74) is 2.72. The van der Waals surface area contributed by atoms with Gasteiger partial charge in [-0.2, -0.15) is 0 Å². The summed E-state index contributed by atoms with van der Waals surface area (Å²) < 4.78 is 1.34. The van der Waals surface area contributed by atoms with Crippen molar-refractivity contribution in [3.63, 3.8) is 0 Å². The molecule has 14 heavy (non-hydrogen) atoms. The van der Waals surface area contributed by atoms with Crippen molar-refractivity contribution in [1.82, 2.24) is 0 Å². The van der Waals surface area contributed by atoms with Gasteiger partial charge in [0.05, 0.1) is 0 Å². The highest BCUT2D eigenvalue weighted by Crippen LogP contribution is 2.31. The lowest BCUT2D eigenvalue weighted by molar-refractivity contribution is 1.17. The van der Waals surface area contributed by atoms with Crippen molar-refractivity contribution in [1.29, 1.82) is 0 Å². The van der Waals surface area contributed by atoms with E-state index in [0.717, 1.165) is 16.6 Å². The summed E-state index contributed by atoms with van der Waals surface area (Å²) in [4.78, 5) is 1.08. The van der Waals surface area contributed by atoms with E-state index in [9.17, 15) is 0 Å². The fourth-order valence-corrected chi connectivity index (χ4v) is 3.65. The Hall–Kier alpha value is 0.01000. The fraction of sp³-hybridized carbons (Fsp3) is 0.273. The Morgan fingerprint density at radius 2 is 2.14 bits per heavy atom. The van der Waals surface area contributed by atoms with Gasteiger partial charge < -0.3 is 0 Å². The number of thiol groups is 1. The minimum absolute atomic E-state index is 0.876. The van der Waals surface area contributed by atoms with Gasteiger partial charge >= 0.3 is 0 Å². The van der Waals surface area contributed by atoms with Crippen LogP contribution in [0.1, 0.15) is 18.1 Å². The van der Waals surface area contributed by atoms with Crippen molar-refractivity contribution >= 4 is 50.0 Å². The molecule has 0 bridgehead atoms. The van der Waals surface area contributed by atoms with Crippen molar-refractivity contribution in [2.75, 3.05) is 0 Å². The Bertz CT molecular complexity index is 460. The minimum atomic E-state index is 0.876. The first-order valence-electron chi connectivity index (χ1n) is 4.54. The highest BCUT2D eigenvalue weighted by atomic mass is 79.9. The van der Waals surface area contributed by atoms with E-state index in [4.69, 9.17) is 0 Å². The molecule has 1 aromatic heterocycles. The van der Waals surface area contributed by atoms with E-state index < -0.39 is 0 Å². The Balaban J connectivity index is 2.70. The van der Waals surface area contributed by atoms with Crippen LogP contribution in [0.4, 0.5) is 0 Å². The number of aryl methyl sites for hydroxylation is 1. The zero-order valence-electron chi connectivity index (χ0n) is 7.88. The number of fused-ring (bicyclic) bond motifs is 1. The van der Waals surface area contributed by atoms with E-state index in [1.807, 2.05) is 11.3 Å². The molecule has 1 heterocycles. The molecule has 3 heteroatoms. The van der Waals surface area contributed by atoms with Gasteiger partial charge in [-0.3, -0.25) is 0 Å². The number of hydrogen-bond acceptors (Lipinski definition) is 2. The van der Waals surface area contributed by atoms with Crippen molar-refractivity contribution in [3.8, 4) is 0 Å². The molecule has 0 fully saturated rings. The predicted octanol–water partition coefficient (Wildman–Crippen LogP) is 4.65. The summed E-state index contributed by atoms with van der Waals surface area (Å²) in [6.07, 6.45) is 1.10. The van der Waals surface area contributed by atoms with Crippen LogP contribution in [0, 0.1) is 0 Å². The van der Waals surface area contributed by atoms with Gasteiger partial charge in [0, 0.05) is 14.9 Å². The molecule has 0 radical (unpaired) electrons. The molecule has 0 aliphatic rings. The standard InChI is InChI=1S/C11H11BrS2/c1-2-7-6-14-11-4-10(13)8(5-12)3-9(7)11/h3-4,6,13H,2,5H2,1H3. The summed E-state index contributed by atoms with van der Waals surface area (Å²) in [5, 5.41) is 4.51. The number of thiophene rings is 1. The minimum Gasteiger partial charge on any atom is -0.143 e. The lowest BCUT2D eigenvalue weighted by Gasteiger charge is -2.02. The molecule has 1 aromatic carbocycles. The lowest BCUT2D eigenvalue weighted by atomic mass is 10.1. The molecule has 74 valence electrons. The maximum absolute atomic E-state index is 4.47. The van der Waals surface area contributed by atoms with E-state index in [0.29, 0.717) is 0 Å². The van der Waals surface area contributed by atoms with Crippen LogP contribution in [0.3, 0.4) is 0 Å². The molecular formula is C11H11BrS2. The van der Waals surface area contributed by atoms with Gasteiger partial charge in [0.25, 0.3) is 0 Å². The average Bonchev–Trinajstić information content (AvgIpc) is 2.58. The maximum atomic E-state index is 4.47. The molecule has 0 N–H and O–H groups in total. The number of halogens is 1. The molecule has 0 spiro atoms. The number of hydrogen-bond donors (Lipinski definition) is 1. The van der Waals surface area contributed by atoms with Gasteiger partial charge in [0.2, 0.25) is 0 Å². The highest BCUT2D eigenvalue weighted by molar-refractivity contribution is 9.08. The largest absolute Gasteiger partial charge is 0.143 e. The smallest absolute Gasteiger partial charge is 0.0356 e. The third-order valence-electron chi connectivity index (χ3n) is 2.38. The van der Waals surface area contributed by atoms with Gasteiger partial charge in [-0.1, -0.05) is 22.9 Å². The summed E-state index contributed by atoms with van der Waals surface area (Å²) in [6.45, 7) is 2.20. The predicted molar refractivity (Wildman–Crippen MR) is 71.1 cm³/mol. The molecule has 0 amide bonds. The van der Waals surface area contributed by atoms with Crippen molar-refractivity contribution in [2.24, 2.45) is 0 Å². The van der Waals surface area contributed by atoms with Crippen LogP contribution in [0.15, 0.2) is 22.4 Å². The van der Waals surface area contributed by atoms with Crippen LogP contribution >= 0.6 is 39.9 Å². The third-order valence-corrected chi connectivity index (χ3v) is 4.39. The molecule has 0 aliphatic carbocycles. The van der Waals surface area contributed by atoms with E-state index >= 15 is 0 Å². The summed E-state index contributed by atoms with van der Waals surface area (Å²) in [7, 11) is 0. The van der Waals surface area contributed by atoms with Crippen LogP contribution in [0.5, 0.6) is 0 Å². The number of rotatable bonds is 2. The van der Waals surface area contributed by atoms with Crippen LogP contribution in [0.25, 0.3) is 10.1 Å². The Kier molecular flexibility index (Phi) is 3.20. The monoisotopic (exact) mass is 286 g/mol. The molecule has 2 aromatic rings. The number of alkyl halides is 1. The molecule has 0 saturated heterocycles. The molecular weight excluding hydrogens is 276 g/mol. The van der Waals surface area contributed by atoms with Crippen molar-refractivity contribution in [3.05, 3.63) is 28.6 Å². The van der Waals surface area contributed by atoms with Crippen LogP contribution in [-0.2, 0) is 11.8 Å². The van der Waals surface area contributed by atoms with Gasteiger partial charge in [-0.25, -0.2) is 0 Å². The molecule has 0 nitrogen and oxygen atoms in total. The molecule has 0 saturated carbocycles. The van der Waals surface area contributed by atoms with E-state index in [1.54, 1.807) is 0 Å². The molecule has 0 aliphatic heterocycles. The topological polar surface area (TPSA) is 0 Å². The van der Waals surface area contributed by atoms with Crippen molar-refractivity contribution in [2.45, 2.75) is 23.6 Å². The highest BCUT2D eigenvalue weighted by Gasteiger charge is 2.06. The zero-order valence-corrected chi connectivity index (χ0v) is 11.2. The van der Waals surface area contributed by atoms with E-state index in [-0.39, 0.29) is 0 Å². The first-order valence-corrected chi connectivity index (χ1v) is 6.99. The van der Waals surface area contributed by atoms with Crippen LogP contribution in [-0.4, -0.2) is 0 Å². The second kappa shape index (κ2) is 4.25. The van der Waals surface area contributed by atoms with Gasteiger partial charge in [0.15, 0.2) is 0 Å².